The van der Waals surface area contributed by atoms with Gasteiger partial charge in [0.15, 0.2) is 5.96 Å². The Hall–Kier alpha value is -1.94. The Morgan fingerprint density at radius 3 is 2.47 bits per heavy atom. The van der Waals surface area contributed by atoms with Crippen LogP contribution in [-0.2, 0) is 22.1 Å². The summed E-state index contributed by atoms with van der Waals surface area (Å²) >= 11 is 0. The Bertz CT molecular complexity index is 859. The highest BCUT2D eigenvalue weighted by atomic mass is 127. The quantitative estimate of drug-likeness (QED) is 0.306. The van der Waals surface area contributed by atoms with Crippen LogP contribution in [0.2, 0.25) is 0 Å². The van der Waals surface area contributed by atoms with E-state index in [9.17, 15) is 9.00 Å². The van der Waals surface area contributed by atoms with Crippen molar-refractivity contribution in [3.63, 3.8) is 0 Å². The molecule has 2 aromatic rings. The summed E-state index contributed by atoms with van der Waals surface area (Å²) in [5.74, 6) is 1.42. The predicted octanol–water partition coefficient (Wildman–Crippen LogP) is 3.29. The number of benzene rings is 2. The topological polar surface area (TPSA) is 73.8 Å². The molecule has 1 heterocycles. The Labute approximate surface area is 198 Å². The Balaban J connectivity index is 0.00000320. The molecular weight excluding hydrogens is 511 g/mol. The maximum Gasteiger partial charge on any atom is 0.227 e. The normalized spacial score (nSPS) is 14.9. The zero-order valence-corrected chi connectivity index (χ0v) is 20.3. The van der Waals surface area contributed by atoms with E-state index in [1.807, 2.05) is 66.4 Å². The number of aliphatic imine (C=N–C) groups is 1. The average molecular weight is 540 g/mol. The first-order chi connectivity index (χ1) is 14.2. The number of halogens is 1. The van der Waals surface area contributed by atoms with Gasteiger partial charge in [-0.2, -0.15) is 0 Å². The molecule has 2 N–H and O–H groups in total. The van der Waals surface area contributed by atoms with Crippen molar-refractivity contribution in [2.45, 2.75) is 31.2 Å². The minimum atomic E-state index is -1.03. The number of anilines is 1. The van der Waals surface area contributed by atoms with Crippen molar-refractivity contribution >= 4 is 52.3 Å². The number of carbonyl (C=O) groups is 1. The molecule has 1 unspecified atom stereocenters. The molecular formula is C22H29IN4O2S. The highest BCUT2D eigenvalue weighted by molar-refractivity contribution is 14.0. The predicted molar refractivity (Wildman–Crippen MR) is 134 cm³/mol. The second kappa shape index (κ2) is 12.7. The lowest BCUT2D eigenvalue weighted by Gasteiger charge is -2.16. The summed E-state index contributed by atoms with van der Waals surface area (Å²) in [6.07, 6.45) is 1.57. The third-order valence-corrected chi connectivity index (χ3v) is 6.04. The van der Waals surface area contributed by atoms with E-state index in [0.717, 1.165) is 35.7 Å². The smallest absolute Gasteiger partial charge is 0.227 e. The van der Waals surface area contributed by atoms with Gasteiger partial charge in [-0.25, -0.2) is 4.99 Å². The monoisotopic (exact) mass is 540 g/mol. The molecule has 0 spiro atoms. The largest absolute Gasteiger partial charge is 0.357 e. The van der Waals surface area contributed by atoms with E-state index in [-0.39, 0.29) is 29.9 Å². The van der Waals surface area contributed by atoms with E-state index in [0.29, 0.717) is 31.2 Å². The molecule has 2 aromatic carbocycles. The first-order valence-electron chi connectivity index (χ1n) is 10.0. The van der Waals surface area contributed by atoms with Crippen LogP contribution in [0.15, 0.2) is 64.5 Å². The van der Waals surface area contributed by atoms with E-state index in [4.69, 9.17) is 0 Å². The number of nitrogens with one attached hydrogen (secondary N) is 2. The first-order valence-corrected chi connectivity index (χ1v) is 11.3. The lowest BCUT2D eigenvalue weighted by molar-refractivity contribution is -0.117. The zero-order chi connectivity index (χ0) is 20.5. The fraction of sp³-hybridized carbons (Fsp3) is 0.364. The van der Waals surface area contributed by atoms with Crippen molar-refractivity contribution in [3.05, 3.63) is 60.2 Å². The molecule has 1 atom stereocenters. The van der Waals surface area contributed by atoms with Crippen LogP contribution >= 0.6 is 24.0 Å². The lowest BCUT2D eigenvalue weighted by Crippen LogP contribution is -2.39. The molecule has 0 saturated carbocycles. The minimum Gasteiger partial charge on any atom is -0.357 e. The average Bonchev–Trinajstić information content (AvgIpc) is 3.19. The third-order valence-electron chi connectivity index (χ3n) is 4.67. The van der Waals surface area contributed by atoms with Gasteiger partial charge in [-0.15, -0.1) is 24.0 Å². The van der Waals surface area contributed by atoms with Gasteiger partial charge in [-0.1, -0.05) is 30.3 Å². The summed E-state index contributed by atoms with van der Waals surface area (Å²) in [4.78, 5) is 19.1. The summed E-state index contributed by atoms with van der Waals surface area (Å²) in [5, 5.41) is 6.46. The van der Waals surface area contributed by atoms with Gasteiger partial charge in [0.2, 0.25) is 5.91 Å². The fourth-order valence-electron chi connectivity index (χ4n) is 3.17. The van der Waals surface area contributed by atoms with Gasteiger partial charge in [-0.3, -0.25) is 9.00 Å². The summed E-state index contributed by atoms with van der Waals surface area (Å²) in [5.41, 5.74) is 2.03. The Morgan fingerprint density at radius 2 is 1.83 bits per heavy atom. The number of nitrogens with zero attached hydrogens (tertiary/aromatic N) is 2. The van der Waals surface area contributed by atoms with E-state index in [2.05, 4.69) is 15.6 Å². The van der Waals surface area contributed by atoms with Crippen molar-refractivity contribution in [2.75, 3.05) is 30.3 Å². The standard InChI is InChI=1S/C22H28N4O2S.HI/c1-2-23-22(24-14-16-29(28)20-7-4-3-5-8-20)25-17-18-10-12-19(13-11-18)26-15-6-9-21(26)27;/h3-5,7-8,10-13H,2,6,9,14-17H2,1H3,(H2,23,24,25);1H. The molecule has 1 aliphatic heterocycles. The van der Waals surface area contributed by atoms with E-state index in [1.54, 1.807) is 0 Å². The number of carbonyl (C=O) groups excluding carboxylic acids is 1. The van der Waals surface area contributed by atoms with E-state index < -0.39 is 10.8 Å². The summed E-state index contributed by atoms with van der Waals surface area (Å²) < 4.78 is 12.3. The van der Waals surface area contributed by atoms with Crippen LogP contribution in [0.5, 0.6) is 0 Å². The van der Waals surface area contributed by atoms with Gasteiger partial charge >= 0.3 is 0 Å². The van der Waals surface area contributed by atoms with Crippen molar-refractivity contribution in [2.24, 2.45) is 4.99 Å². The van der Waals surface area contributed by atoms with E-state index in [1.165, 1.54) is 0 Å². The Morgan fingerprint density at radius 1 is 1.10 bits per heavy atom. The molecule has 3 rings (SSSR count). The van der Waals surface area contributed by atoms with Crippen LogP contribution in [0.4, 0.5) is 5.69 Å². The third kappa shape index (κ3) is 7.09. The summed E-state index contributed by atoms with van der Waals surface area (Å²) in [6, 6.07) is 17.5. The molecule has 1 amide bonds. The molecule has 0 radical (unpaired) electrons. The second-order valence-corrected chi connectivity index (χ2v) is 8.37. The van der Waals surface area contributed by atoms with Crippen molar-refractivity contribution in [1.82, 2.24) is 10.6 Å². The van der Waals surface area contributed by atoms with Gasteiger partial charge in [0.1, 0.15) is 0 Å². The van der Waals surface area contributed by atoms with E-state index >= 15 is 0 Å². The highest BCUT2D eigenvalue weighted by Crippen LogP contribution is 2.21. The van der Waals surface area contributed by atoms with Crippen molar-refractivity contribution in [1.29, 1.82) is 0 Å². The molecule has 1 fully saturated rings. The molecule has 162 valence electrons. The number of hydrogen-bond acceptors (Lipinski definition) is 3. The van der Waals surface area contributed by atoms with Crippen LogP contribution in [-0.4, -0.2) is 41.5 Å². The Kier molecular flexibility index (Phi) is 10.3. The van der Waals surface area contributed by atoms with Crippen LogP contribution < -0.4 is 15.5 Å². The molecule has 8 heteroatoms. The molecule has 30 heavy (non-hydrogen) atoms. The maximum atomic E-state index is 12.3. The molecule has 0 aromatic heterocycles. The van der Waals surface area contributed by atoms with Crippen LogP contribution in [0, 0.1) is 0 Å². The minimum absolute atomic E-state index is 0. The van der Waals surface area contributed by atoms with Crippen LogP contribution in [0.3, 0.4) is 0 Å². The van der Waals surface area contributed by atoms with Gasteiger partial charge in [0.25, 0.3) is 0 Å². The fourth-order valence-corrected chi connectivity index (χ4v) is 4.15. The highest BCUT2D eigenvalue weighted by Gasteiger charge is 2.21. The van der Waals surface area contributed by atoms with Crippen molar-refractivity contribution < 1.29 is 9.00 Å². The summed E-state index contributed by atoms with van der Waals surface area (Å²) in [7, 11) is -1.03. The van der Waals surface area contributed by atoms with Crippen LogP contribution in [0.1, 0.15) is 25.3 Å². The molecule has 0 aliphatic carbocycles. The SMILES string of the molecule is CCNC(=NCc1ccc(N2CCCC2=O)cc1)NCCS(=O)c1ccccc1.I. The number of amides is 1. The number of guanidine groups is 1. The molecule has 1 aliphatic rings. The molecule has 6 nitrogen and oxygen atoms in total. The number of rotatable bonds is 8. The van der Waals surface area contributed by atoms with Gasteiger partial charge in [-0.05, 0) is 43.2 Å². The second-order valence-electron chi connectivity index (χ2n) is 6.80. The first kappa shape index (κ1) is 24.3. The summed E-state index contributed by atoms with van der Waals surface area (Å²) in [6.45, 7) is 4.68. The van der Waals surface area contributed by atoms with Gasteiger partial charge in [0, 0.05) is 42.4 Å². The molecule has 0 bridgehead atoms. The molecule has 1 saturated heterocycles. The number of hydrogen-bond donors (Lipinski definition) is 2. The van der Waals surface area contributed by atoms with Gasteiger partial charge in [0.05, 0.1) is 17.3 Å². The van der Waals surface area contributed by atoms with Gasteiger partial charge < -0.3 is 15.5 Å². The maximum absolute atomic E-state index is 12.3. The van der Waals surface area contributed by atoms with Crippen molar-refractivity contribution in [3.8, 4) is 0 Å². The van der Waals surface area contributed by atoms with Crippen LogP contribution in [0.25, 0.3) is 0 Å². The lowest BCUT2D eigenvalue weighted by atomic mass is 10.2. The zero-order valence-electron chi connectivity index (χ0n) is 17.2.